The molecule has 0 saturated heterocycles. The van der Waals surface area contributed by atoms with Crippen LogP contribution in [-0.2, 0) is 10.2 Å². The van der Waals surface area contributed by atoms with E-state index in [2.05, 4.69) is 4.98 Å². The van der Waals surface area contributed by atoms with E-state index >= 15 is 0 Å². The van der Waals surface area contributed by atoms with Crippen molar-refractivity contribution in [1.82, 2.24) is 4.98 Å². The van der Waals surface area contributed by atoms with E-state index < -0.39 is 5.97 Å². The van der Waals surface area contributed by atoms with E-state index in [1.807, 2.05) is 6.92 Å². The third-order valence-corrected chi connectivity index (χ3v) is 2.73. The first-order valence-electron chi connectivity index (χ1n) is 4.70. The molecule has 1 N–H and O–H groups in total. The fourth-order valence-electron chi connectivity index (χ4n) is 1.95. The zero-order chi connectivity index (χ0) is 10.3. The van der Waals surface area contributed by atoms with E-state index in [1.165, 1.54) is 0 Å². The number of carboxylic acids is 1. The van der Waals surface area contributed by atoms with Crippen LogP contribution in [0.1, 0.15) is 36.6 Å². The molecule has 2 rings (SSSR count). The van der Waals surface area contributed by atoms with Crippen molar-refractivity contribution in [2.45, 2.75) is 38.5 Å². The molecule has 4 nitrogen and oxygen atoms in total. The average molecular weight is 195 g/mol. The first-order valence-corrected chi connectivity index (χ1v) is 4.70. The van der Waals surface area contributed by atoms with E-state index in [0.29, 0.717) is 5.89 Å². The number of nitrogens with zero attached hydrogens (tertiary/aromatic N) is 1. The predicted octanol–water partition coefficient (Wildman–Crippen LogP) is 1.80. The van der Waals surface area contributed by atoms with Crippen molar-refractivity contribution in [3.05, 3.63) is 17.3 Å². The predicted molar refractivity (Wildman–Crippen MR) is 49.1 cm³/mol. The molecule has 0 radical (unpaired) electrons. The van der Waals surface area contributed by atoms with Crippen LogP contribution in [0.5, 0.6) is 0 Å². The van der Waals surface area contributed by atoms with Crippen LogP contribution in [-0.4, -0.2) is 16.1 Å². The normalized spacial score (nSPS) is 18.1. The minimum atomic E-state index is -0.768. The van der Waals surface area contributed by atoms with Gasteiger partial charge in [-0.2, -0.15) is 0 Å². The highest BCUT2D eigenvalue weighted by atomic mass is 16.4. The lowest BCUT2D eigenvalue weighted by Crippen LogP contribution is -2.13. The van der Waals surface area contributed by atoms with Crippen LogP contribution in [0.4, 0.5) is 0 Å². The molecule has 0 aliphatic heterocycles. The smallest absolute Gasteiger partial charge is 0.304 e. The van der Waals surface area contributed by atoms with Crippen molar-refractivity contribution in [3.63, 3.8) is 0 Å². The fourth-order valence-corrected chi connectivity index (χ4v) is 1.95. The molecular weight excluding hydrogens is 182 g/mol. The summed E-state index contributed by atoms with van der Waals surface area (Å²) in [7, 11) is 0. The molecular formula is C10H13NO3. The summed E-state index contributed by atoms with van der Waals surface area (Å²) in [4.78, 5) is 14.8. The van der Waals surface area contributed by atoms with Crippen LogP contribution >= 0.6 is 0 Å². The molecule has 1 aromatic heterocycles. The summed E-state index contributed by atoms with van der Waals surface area (Å²) in [6.45, 7) is 3.65. The molecule has 1 heterocycles. The summed E-state index contributed by atoms with van der Waals surface area (Å²) < 4.78 is 5.47. The van der Waals surface area contributed by atoms with Gasteiger partial charge >= 0.3 is 5.97 Å². The van der Waals surface area contributed by atoms with Gasteiger partial charge in [-0.05, 0) is 19.8 Å². The summed E-state index contributed by atoms with van der Waals surface area (Å²) in [5.74, 6) is 0.627. The lowest BCUT2D eigenvalue weighted by molar-refractivity contribution is -0.137. The number of carboxylic acid groups (broad SMARTS) is 1. The average Bonchev–Trinajstić information content (AvgIpc) is 2.72. The topological polar surface area (TPSA) is 63.3 Å². The van der Waals surface area contributed by atoms with E-state index in [4.69, 9.17) is 9.52 Å². The zero-order valence-electron chi connectivity index (χ0n) is 8.33. The van der Waals surface area contributed by atoms with Crippen LogP contribution < -0.4 is 0 Å². The number of aromatic nitrogens is 1. The van der Waals surface area contributed by atoms with Crippen LogP contribution in [0.3, 0.4) is 0 Å². The number of oxazole rings is 1. The molecule has 1 saturated carbocycles. The molecule has 1 fully saturated rings. The maximum Gasteiger partial charge on any atom is 0.304 e. The van der Waals surface area contributed by atoms with E-state index in [0.717, 1.165) is 24.3 Å². The Morgan fingerprint density at radius 3 is 2.57 bits per heavy atom. The van der Waals surface area contributed by atoms with Gasteiger partial charge in [0.15, 0.2) is 5.89 Å². The number of hydrogen-bond donors (Lipinski definition) is 1. The monoisotopic (exact) mass is 195 g/mol. The SMILES string of the molecule is Cc1nc(C)c(C2(CC(=O)O)CC2)o1. The van der Waals surface area contributed by atoms with Crippen LogP contribution in [0.15, 0.2) is 4.42 Å². The largest absolute Gasteiger partial charge is 0.481 e. The Morgan fingerprint density at radius 2 is 2.21 bits per heavy atom. The Labute approximate surface area is 81.9 Å². The van der Waals surface area contributed by atoms with Crippen LogP contribution in [0.25, 0.3) is 0 Å². The van der Waals surface area contributed by atoms with Crippen molar-refractivity contribution < 1.29 is 14.3 Å². The van der Waals surface area contributed by atoms with Gasteiger partial charge in [0.2, 0.25) is 0 Å². The number of hydrogen-bond acceptors (Lipinski definition) is 3. The molecule has 76 valence electrons. The number of aliphatic carboxylic acids is 1. The van der Waals surface area contributed by atoms with Gasteiger partial charge in [0.05, 0.1) is 12.1 Å². The highest BCUT2D eigenvalue weighted by Crippen LogP contribution is 2.52. The number of carbonyl (C=O) groups is 1. The van der Waals surface area contributed by atoms with Crippen LogP contribution in [0, 0.1) is 13.8 Å². The zero-order valence-corrected chi connectivity index (χ0v) is 8.33. The van der Waals surface area contributed by atoms with E-state index in [-0.39, 0.29) is 11.8 Å². The minimum Gasteiger partial charge on any atom is -0.481 e. The van der Waals surface area contributed by atoms with Gasteiger partial charge in [0.25, 0.3) is 0 Å². The summed E-state index contributed by atoms with van der Waals surface area (Å²) >= 11 is 0. The first-order chi connectivity index (χ1) is 6.53. The second kappa shape index (κ2) is 2.83. The van der Waals surface area contributed by atoms with Gasteiger partial charge in [-0.3, -0.25) is 4.79 Å². The quantitative estimate of drug-likeness (QED) is 0.798. The molecule has 0 spiro atoms. The maximum absolute atomic E-state index is 10.7. The van der Waals surface area contributed by atoms with E-state index in [1.54, 1.807) is 6.92 Å². The molecule has 1 aliphatic rings. The lowest BCUT2D eigenvalue weighted by Gasteiger charge is -2.08. The Bertz CT molecular complexity index is 377. The van der Waals surface area contributed by atoms with Crippen molar-refractivity contribution in [2.24, 2.45) is 0 Å². The molecule has 0 amide bonds. The van der Waals surface area contributed by atoms with Gasteiger partial charge < -0.3 is 9.52 Å². The Morgan fingerprint density at radius 1 is 1.57 bits per heavy atom. The third-order valence-electron chi connectivity index (χ3n) is 2.73. The van der Waals surface area contributed by atoms with Crippen LogP contribution in [0.2, 0.25) is 0 Å². The van der Waals surface area contributed by atoms with Crippen molar-refractivity contribution >= 4 is 5.97 Å². The highest BCUT2D eigenvalue weighted by molar-refractivity contribution is 5.69. The lowest BCUT2D eigenvalue weighted by atomic mass is 9.98. The second-order valence-electron chi connectivity index (χ2n) is 4.00. The van der Waals surface area contributed by atoms with Gasteiger partial charge in [-0.1, -0.05) is 0 Å². The standard InChI is InChI=1S/C10H13NO3/c1-6-9(14-7(2)11-6)10(3-4-10)5-8(12)13/h3-5H2,1-2H3,(H,12,13). The second-order valence-corrected chi connectivity index (χ2v) is 4.00. The van der Waals surface area contributed by atoms with Crippen molar-refractivity contribution in [1.29, 1.82) is 0 Å². The molecule has 0 bridgehead atoms. The first kappa shape index (κ1) is 9.24. The van der Waals surface area contributed by atoms with Gasteiger partial charge in [-0.25, -0.2) is 4.98 Å². The Kier molecular flexibility index (Phi) is 1.87. The molecule has 0 unspecified atom stereocenters. The maximum atomic E-state index is 10.7. The summed E-state index contributed by atoms with van der Waals surface area (Å²) in [6.07, 6.45) is 1.95. The molecule has 0 atom stereocenters. The third kappa shape index (κ3) is 1.41. The summed E-state index contributed by atoms with van der Waals surface area (Å²) in [5.41, 5.74) is 0.582. The van der Waals surface area contributed by atoms with Gasteiger partial charge in [0.1, 0.15) is 5.76 Å². The summed E-state index contributed by atoms with van der Waals surface area (Å²) in [6, 6.07) is 0. The van der Waals surface area contributed by atoms with E-state index in [9.17, 15) is 4.79 Å². The molecule has 0 aromatic carbocycles. The molecule has 14 heavy (non-hydrogen) atoms. The minimum absolute atomic E-state index is 0.155. The van der Waals surface area contributed by atoms with Crippen molar-refractivity contribution in [2.75, 3.05) is 0 Å². The number of aryl methyl sites for hydroxylation is 2. The molecule has 4 heteroatoms. The number of rotatable bonds is 3. The highest BCUT2D eigenvalue weighted by Gasteiger charge is 2.50. The Balaban J connectivity index is 2.30. The molecule has 1 aromatic rings. The Hall–Kier alpha value is -1.32. The van der Waals surface area contributed by atoms with Gasteiger partial charge in [0, 0.05) is 12.3 Å². The van der Waals surface area contributed by atoms with Crippen molar-refractivity contribution in [3.8, 4) is 0 Å². The fraction of sp³-hybridized carbons (Fsp3) is 0.600. The summed E-state index contributed by atoms with van der Waals surface area (Å²) in [5, 5.41) is 8.79. The molecule has 1 aliphatic carbocycles. The van der Waals surface area contributed by atoms with Gasteiger partial charge in [-0.15, -0.1) is 0 Å².